The minimum absolute atomic E-state index is 0.0318. The molecule has 1 aromatic heterocycles. The summed E-state index contributed by atoms with van der Waals surface area (Å²) in [6, 6.07) is 5.92. The molecule has 0 aliphatic carbocycles. The molecule has 2 aromatic rings. The Balaban J connectivity index is 1.60. The summed E-state index contributed by atoms with van der Waals surface area (Å²) in [6.45, 7) is 2.18. The number of nitrogens with zero attached hydrogens (tertiary/aromatic N) is 5. The Morgan fingerprint density at radius 1 is 1.41 bits per heavy atom. The molecule has 144 valence electrons. The molecule has 0 atom stereocenters. The maximum absolute atomic E-state index is 12.6. The maximum atomic E-state index is 12.6. The molecule has 0 unspecified atom stereocenters. The summed E-state index contributed by atoms with van der Waals surface area (Å²) in [7, 11) is 5.21. The highest BCUT2D eigenvalue weighted by molar-refractivity contribution is 9.10. The van der Waals surface area contributed by atoms with Gasteiger partial charge in [-0.25, -0.2) is 0 Å². The van der Waals surface area contributed by atoms with Crippen LogP contribution in [0, 0.1) is 0 Å². The molecule has 27 heavy (non-hydrogen) atoms. The van der Waals surface area contributed by atoms with E-state index in [4.69, 9.17) is 4.74 Å². The number of carbonyl (C=O) groups is 1. The monoisotopic (exact) mass is 434 g/mol. The lowest BCUT2D eigenvalue weighted by Crippen LogP contribution is -2.55. The van der Waals surface area contributed by atoms with Gasteiger partial charge in [-0.05, 0) is 33.6 Å². The normalized spacial score (nSPS) is 15.3. The second-order valence-corrected chi connectivity index (χ2v) is 7.06. The van der Waals surface area contributed by atoms with Gasteiger partial charge in [0.15, 0.2) is 5.96 Å². The van der Waals surface area contributed by atoms with E-state index < -0.39 is 0 Å². The number of benzene rings is 1. The van der Waals surface area contributed by atoms with Crippen molar-refractivity contribution < 1.29 is 9.53 Å². The second-order valence-electron chi connectivity index (χ2n) is 6.21. The number of carbonyl (C=O) groups excluding carboxylic acids is 1. The van der Waals surface area contributed by atoms with Crippen LogP contribution < -0.4 is 15.0 Å². The Bertz CT molecular complexity index is 850. The Hall–Kier alpha value is -2.55. The van der Waals surface area contributed by atoms with E-state index in [0.29, 0.717) is 25.6 Å². The molecule has 0 spiro atoms. The SMILES string of the molecule is CN=C(NCc1ccc(OC)c(Br)c1)N1CCN(c2cnn(C)c2)C(=O)C1. The fourth-order valence-electron chi connectivity index (χ4n) is 3.01. The van der Waals surface area contributed by atoms with Gasteiger partial charge in [0.1, 0.15) is 12.3 Å². The fraction of sp³-hybridized carbons (Fsp3) is 0.389. The van der Waals surface area contributed by atoms with Crippen LogP contribution in [0.15, 0.2) is 40.1 Å². The van der Waals surface area contributed by atoms with Gasteiger partial charge < -0.3 is 19.9 Å². The van der Waals surface area contributed by atoms with Gasteiger partial charge in [0.2, 0.25) is 5.91 Å². The van der Waals surface area contributed by atoms with Crippen molar-refractivity contribution in [1.29, 1.82) is 0 Å². The molecule has 0 radical (unpaired) electrons. The molecule has 1 fully saturated rings. The minimum Gasteiger partial charge on any atom is -0.496 e. The molecule has 1 amide bonds. The molecule has 1 aromatic carbocycles. The second kappa shape index (κ2) is 8.43. The molecular formula is C18H23BrN6O2. The average Bonchev–Trinajstić information content (AvgIpc) is 3.08. The number of aliphatic imine (C=N–C) groups is 1. The van der Waals surface area contributed by atoms with E-state index in [1.165, 1.54) is 0 Å². The van der Waals surface area contributed by atoms with Crippen LogP contribution in [0.2, 0.25) is 0 Å². The predicted octanol–water partition coefficient (Wildman–Crippen LogP) is 1.62. The first-order valence-electron chi connectivity index (χ1n) is 8.59. The van der Waals surface area contributed by atoms with Crippen LogP contribution in [0.25, 0.3) is 0 Å². The topological polar surface area (TPSA) is 75.0 Å². The van der Waals surface area contributed by atoms with Crippen LogP contribution in [-0.2, 0) is 18.4 Å². The van der Waals surface area contributed by atoms with Crippen LogP contribution in [0.1, 0.15) is 5.56 Å². The van der Waals surface area contributed by atoms with Gasteiger partial charge in [-0.1, -0.05) is 6.07 Å². The van der Waals surface area contributed by atoms with E-state index in [1.807, 2.05) is 36.3 Å². The molecule has 9 heteroatoms. The average molecular weight is 435 g/mol. The number of hydrogen-bond donors (Lipinski definition) is 1. The number of nitrogens with one attached hydrogen (secondary N) is 1. The maximum Gasteiger partial charge on any atom is 0.246 e. The quantitative estimate of drug-likeness (QED) is 0.584. The number of anilines is 1. The first kappa shape index (κ1) is 19.2. The third kappa shape index (κ3) is 4.41. The summed E-state index contributed by atoms with van der Waals surface area (Å²) < 4.78 is 7.85. The Morgan fingerprint density at radius 3 is 2.81 bits per heavy atom. The number of aromatic nitrogens is 2. The number of guanidine groups is 1. The Morgan fingerprint density at radius 2 is 2.22 bits per heavy atom. The van der Waals surface area contributed by atoms with Gasteiger partial charge in [-0.15, -0.1) is 0 Å². The minimum atomic E-state index is 0.0318. The summed E-state index contributed by atoms with van der Waals surface area (Å²) >= 11 is 3.50. The molecule has 8 nitrogen and oxygen atoms in total. The molecule has 0 saturated carbocycles. The molecule has 1 N–H and O–H groups in total. The summed E-state index contributed by atoms with van der Waals surface area (Å²) in [5.74, 6) is 1.53. The van der Waals surface area contributed by atoms with Crippen LogP contribution in [0.3, 0.4) is 0 Å². The zero-order chi connectivity index (χ0) is 19.4. The van der Waals surface area contributed by atoms with Gasteiger partial charge in [0.25, 0.3) is 0 Å². The van der Waals surface area contributed by atoms with Gasteiger partial charge in [0.05, 0.1) is 23.5 Å². The molecule has 1 saturated heterocycles. The van der Waals surface area contributed by atoms with Crippen molar-refractivity contribution in [3.8, 4) is 5.75 Å². The van der Waals surface area contributed by atoms with Crippen molar-refractivity contribution in [2.75, 3.05) is 38.7 Å². The van der Waals surface area contributed by atoms with Crippen LogP contribution >= 0.6 is 15.9 Å². The lowest BCUT2D eigenvalue weighted by Gasteiger charge is -2.35. The molecule has 2 heterocycles. The lowest BCUT2D eigenvalue weighted by molar-refractivity contribution is -0.120. The molecule has 1 aliphatic rings. The smallest absolute Gasteiger partial charge is 0.246 e. The van der Waals surface area contributed by atoms with E-state index in [2.05, 4.69) is 31.3 Å². The number of piperazine rings is 1. The number of methoxy groups -OCH3 is 1. The standard InChI is InChI=1S/C18H23BrN6O2/c1-20-18(21-9-13-4-5-16(27-3)15(19)8-13)24-6-7-25(17(26)12-24)14-10-22-23(2)11-14/h4-5,8,10-11H,6-7,9,12H2,1-3H3,(H,20,21). The summed E-state index contributed by atoms with van der Waals surface area (Å²) in [5.41, 5.74) is 1.91. The number of amides is 1. The van der Waals surface area contributed by atoms with Crippen molar-refractivity contribution in [3.63, 3.8) is 0 Å². The van der Waals surface area contributed by atoms with Gasteiger partial charge in [-0.3, -0.25) is 14.5 Å². The van der Waals surface area contributed by atoms with Crippen molar-refractivity contribution in [1.82, 2.24) is 20.0 Å². The van der Waals surface area contributed by atoms with Crippen molar-refractivity contribution in [2.24, 2.45) is 12.0 Å². The highest BCUT2D eigenvalue weighted by Gasteiger charge is 2.27. The largest absolute Gasteiger partial charge is 0.496 e. The van der Waals surface area contributed by atoms with Crippen molar-refractivity contribution in [3.05, 3.63) is 40.6 Å². The molecule has 0 bridgehead atoms. The number of rotatable bonds is 4. The zero-order valence-electron chi connectivity index (χ0n) is 15.6. The highest BCUT2D eigenvalue weighted by atomic mass is 79.9. The number of aryl methyl sites for hydroxylation is 1. The van der Waals surface area contributed by atoms with Gasteiger partial charge in [0, 0.05) is 39.9 Å². The number of hydrogen-bond acceptors (Lipinski definition) is 4. The Labute approximate surface area is 166 Å². The summed E-state index contributed by atoms with van der Waals surface area (Å²) in [5, 5.41) is 7.47. The Kier molecular flexibility index (Phi) is 6.00. The predicted molar refractivity (Wildman–Crippen MR) is 108 cm³/mol. The van der Waals surface area contributed by atoms with Crippen molar-refractivity contribution in [2.45, 2.75) is 6.54 Å². The highest BCUT2D eigenvalue weighted by Crippen LogP contribution is 2.25. The first-order valence-corrected chi connectivity index (χ1v) is 9.38. The third-order valence-corrected chi connectivity index (χ3v) is 5.02. The van der Waals surface area contributed by atoms with E-state index in [1.54, 1.807) is 29.9 Å². The van der Waals surface area contributed by atoms with Gasteiger partial charge in [-0.2, -0.15) is 5.10 Å². The molecular weight excluding hydrogens is 412 g/mol. The lowest BCUT2D eigenvalue weighted by atomic mass is 10.2. The number of ether oxygens (including phenoxy) is 1. The van der Waals surface area contributed by atoms with Crippen molar-refractivity contribution >= 4 is 33.5 Å². The van der Waals surface area contributed by atoms with E-state index in [-0.39, 0.29) is 12.5 Å². The summed E-state index contributed by atoms with van der Waals surface area (Å²) in [4.78, 5) is 20.6. The fourth-order valence-corrected chi connectivity index (χ4v) is 3.60. The van der Waals surface area contributed by atoms with Crippen LogP contribution in [-0.4, -0.2) is 60.3 Å². The van der Waals surface area contributed by atoms with Crippen LogP contribution in [0.4, 0.5) is 5.69 Å². The van der Waals surface area contributed by atoms with Gasteiger partial charge >= 0.3 is 0 Å². The zero-order valence-corrected chi connectivity index (χ0v) is 17.2. The third-order valence-electron chi connectivity index (χ3n) is 4.40. The summed E-state index contributed by atoms with van der Waals surface area (Å²) in [6.07, 6.45) is 3.56. The van der Waals surface area contributed by atoms with E-state index in [0.717, 1.165) is 21.5 Å². The molecule has 3 rings (SSSR count). The molecule has 1 aliphatic heterocycles. The number of halogens is 1. The van der Waals surface area contributed by atoms with Crippen LogP contribution in [0.5, 0.6) is 5.75 Å². The van der Waals surface area contributed by atoms with E-state index in [9.17, 15) is 4.79 Å². The van der Waals surface area contributed by atoms with E-state index >= 15 is 0 Å². The first-order chi connectivity index (χ1) is 13.0.